The Labute approximate surface area is 154 Å². The molecule has 5 atom stereocenters. The van der Waals surface area contributed by atoms with Gasteiger partial charge in [0, 0.05) is 5.56 Å². The molecule has 2 aliphatic rings. The lowest BCUT2D eigenvalue weighted by molar-refractivity contribution is -0.277. The van der Waals surface area contributed by atoms with Crippen LogP contribution in [0, 0.1) is 6.92 Å². The third kappa shape index (κ3) is 3.03. The molecule has 1 aliphatic heterocycles. The molecule has 2 heterocycles. The minimum absolute atomic E-state index is 0.348. The Bertz CT molecular complexity index is 918. The second kappa shape index (κ2) is 6.88. The molecule has 8 heteroatoms. The number of hydrogen-bond donors (Lipinski definition) is 4. The number of ether oxygens (including phenoxy) is 2. The normalized spacial score (nSPS) is 30.5. The van der Waals surface area contributed by atoms with Gasteiger partial charge in [-0.1, -0.05) is 0 Å². The van der Waals surface area contributed by atoms with Crippen LogP contribution in [-0.4, -0.2) is 57.7 Å². The zero-order chi connectivity index (χ0) is 19.3. The van der Waals surface area contributed by atoms with E-state index in [1.54, 1.807) is 12.1 Å². The zero-order valence-electron chi connectivity index (χ0n) is 14.8. The van der Waals surface area contributed by atoms with Crippen LogP contribution in [0.1, 0.15) is 23.1 Å². The molecule has 1 aromatic carbocycles. The van der Waals surface area contributed by atoms with Gasteiger partial charge in [-0.2, -0.15) is 0 Å². The largest absolute Gasteiger partial charge is 0.461 e. The molecule has 2 aromatic rings. The number of aliphatic hydroxyl groups is 4. The number of benzene rings is 1. The van der Waals surface area contributed by atoms with Crippen molar-refractivity contribution < 1.29 is 34.3 Å². The number of hydrogen-bond acceptors (Lipinski definition) is 8. The molecule has 146 valence electrons. The minimum atomic E-state index is -1.53. The summed E-state index contributed by atoms with van der Waals surface area (Å²) >= 11 is 0. The van der Waals surface area contributed by atoms with Crippen molar-refractivity contribution in [3.63, 3.8) is 0 Å². The van der Waals surface area contributed by atoms with Crippen LogP contribution in [0.5, 0.6) is 5.75 Å². The van der Waals surface area contributed by atoms with Gasteiger partial charge in [0.2, 0.25) is 6.29 Å². The van der Waals surface area contributed by atoms with E-state index in [1.165, 1.54) is 0 Å². The van der Waals surface area contributed by atoms with E-state index >= 15 is 0 Å². The Balaban J connectivity index is 1.78. The van der Waals surface area contributed by atoms with E-state index in [0.717, 1.165) is 17.5 Å². The summed E-state index contributed by atoms with van der Waals surface area (Å²) in [7, 11) is 0. The molecule has 0 saturated carbocycles. The molecule has 1 saturated heterocycles. The predicted molar refractivity (Wildman–Crippen MR) is 93.6 cm³/mol. The van der Waals surface area contributed by atoms with Crippen molar-refractivity contribution >= 4 is 11.0 Å². The molecule has 1 aromatic heterocycles. The third-order valence-electron chi connectivity index (χ3n) is 5.27. The topological polar surface area (TPSA) is 130 Å². The first-order valence-corrected chi connectivity index (χ1v) is 8.97. The van der Waals surface area contributed by atoms with Crippen LogP contribution in [0.4, 0.5) is 0 Å². The first kappa shape index (κ1) is 18.4. The zero-order valence-corrected chi connectivity index (χ0v) is 14.8. The van der Waals surface area contributed by atoms with Crippen LogP contribution in [0.3, 0.4) is 0 Å². The van der Waals surface area contributed by atoms with Crippen molar-refractivity contribution in [2.75, 3.05) is 6.61 Å². The van der Waals surface area contributed by atoms with E-state index in [9.17, 15) is 25.2 Å². The summed E-state index contributed by atoms with van der Waals surface area (Å²) in [5.74, 6) is 0.358. The first-order chi connectivity index (χ1) is 12.9. The predicted octanol–water partition coefficient (Wildman–Crippen LogP) is -0.231. The average Bonchev–Trinajstić information content (AvgIpc) is 3.12. The molecule has 4 rings (SSSR count). The summed E-state index contributed by atoms with van der Waals surface area (Å²) in [6.07, 6.45) is -4.66. The van der Waals surface area contributed by atoms with E-state index in [0.29, 0.717) is 35.1 Å². The van der Waals surface area contributed by atoms with Crippen LogP contribution < -0.4 is 10.4 Å². The van der Waals surface area contributed by atoms with Crippen molar-refractivity contribution in [3.8, 4) is 5.75 Å². The van der Waals surface area contributed by atoms with Gasteiger partial charge in [0.25, 0.3) is 0 Å². The van der Waals surface area contributed by atoms with E-state index in [4.69, 9.17) is 13.9 Å². The Morgan fingerprint density at radius 2 is 1.85 bits per heavy atom. The van der Waals surface area contributed by atoms with Gasteiger partial charge in [0.15, 0.2) is 0 Å². The van der Waals surface area contributed by atoms with E-state index in [2.05, 4.69) is 0 Å². The van der Waals surface area contributed by atoms with E-state index in [-0.39, 0.29) is 5.63 Å². The second-order valence-corrected chi connectivity index (χ2v) is 7.15. The fraction of sp³-hybridized carbons (Fsp3) is 0.526. The Kier molecular flexibility index (Phi) is 4.69. The van der Waals surface area contributed by atoms with Gasteiger partial charge in [0.1, 0.15) is 35.7 Å². The Morgan fingerprint density at radius 1 is 1.11 bits per heavy atom. The molecule has 4 N–H and O–H groups in total. The highest BCUT2D eigenvalue weighted by Gasteiger charge is 2.45. The van der Waals surface area contributed by atoms with E-state index < -0.39 is 37.3 Å². The average molecular weight is 378 g/mol. The Morgan fingerprint density at radius 3 is 2.59 bits per heavy atom. The molecule has 0 unspecified atom stereocenters. The van der Waals surface area contributed by atoms with Gasteiger partial charge in [0.05, 0.1) is 12.0 Å². The van der Waals surface area contributed by atoms with Gasteiger partial charge in [-0.15, -0.1) is 0 Å². The van der Waals surface area contributed by atoms with Crippen molar-refractivity contribution in [3.05, 3.63) is 39.2 Å². The van der Waals surface area contributed by atoms with Crippen LogP contribution in [0.15, 0.2) is 21.3 Å². The Hall–Kier alpha value is -1.97. The van der Waals surface area contributed by atoms with Crippen molar-refractivity contribution in [2.24, 2.45) is 0 Å². The van der Waals surface area contributed by atoms with Crippen LogP contribution in [0.2, 0.25) is 0 Å². The maximum absolute atomic E-state index is 12.2. The number of aryl methyl sites for hydroxylation is 2. The molecule has 0 radical (unpaired) electrons. The second-order valence-electron chi connectivity index (χ2n) is 7.15. The molecule has 27 heavy (non-hydrogen) atoms. The lowest BCUT2D eigenvalue weighted by Gasteiger charge is -2.39. The number of fused-ring (bicyclic) bond motifs is 3. The van der Waals surface area contributed by atoms with Crippen LogP contribution >= 0.6 is 0 Å². The highest BCUT2D eigenvalue weighted by molar-refractivity contribution is 5.88. The minimum Gasteiger partial charge on any atom is -0.461 e. The monoisotopic (exact) mass is 378 g/mol. The van der Waals surface area contributed by atoms with E-state index in [1.807, 2.05) is 6.92 Å². The molecular weight excluding hydrogens is 356 g/mol. The lowest BCUT2D eigenvalue weighted by Crippen LogP contribution is -2.60. The van der Waals surface area contributed by atoms with Crippen molar-refractivity contribution in [2.45, 2.75) is 56.9 Å². The standard InChI is InChI=1S/C19H22O8/c1-8-5-11-14(9-3-2-4-10(9)18(24)25-11)12(6-8)26-19-17(23)16(22)15(21)13(7-20)27-19/h5-6,13,15-17,19-23H,2-4,7H2,1H3/t13-,15+,16+,17-,19-/m0/s1. The first-order valence-electron chi connectivity index (χ1n) is 8.97. The van der Waals surface area contributed by atoms with Gasteiger partial charge in [-0.05, 0) is 49.4 Å². The summed E-state index contributed by atoms with van der Waals surface area (Å²) < 4.78 is 16.8. The van der Waals surface area contributed by atoms with Crippen molar-refractivity contribution in [1.82, 2.24) is 0 Å². The number of rotatable bonds is 3. The lowest BCUT2D eigenvalue weighted by atomic mass is 9.99. The summed E-state index contributed by atoms with van der Waals surface area (Å²) in [5.41, 5.74) is 2.31. The summed E-state index contributed by atoms with van der Waals surface area (Å²) in [4.78, 5) is 12.2. The maximum Gasteiger partial charge on any atom is 0.339 e. The fourth-order valence-electron chi connectivity index (χ4n) is 3.89. The summed E-state index contributed by atoms with van der Waals surface area (Å²) in [5, 5.41) is 40.1. The van der Waals surface area contributed by atoms with Gasteiger partial charge < -0.3 is 34.3 Å². The highest BCUT2D eigenvalue weighted by atomic mass is 16.7. The molecule has 1 aliphatic carbocycles. The summed E-state index contributed by atoms with van der Waals surface area (Å²) in [6, 6.07) is 3.48. The smallest absolute Gasteiger partial charge is 0.339 e. The molecular formula is C19H22O8. The number of aliphatic hydroxyl groups excluding tert-OH is 4. The molecule has 8 nitrogen and oxygen atoms in total. The SMILES string of the molecule is Cc1cc(O[C@H]2O[C@@H](CO)[C@@H](O)[C@@H](O)[C@@H]2O)c2c3c(c(=O)oc2c1)CCC3. The summed E-state index contributed by atoms with van der Waals surface area (Å²) in [6.45, 7) is 1.27. The molecule has 0 spiro atoms. The van der Waals surface area contributed by atoms with Gasteiger partial charge in [-0.25, -0.2) is 4.79 Å². The van der Waals surface area contributed by atoms with Crippen molar-refractivity contribution in [1.29, 1.82) is 0 Å². The van der Waals surface area contributed by atoms with Crippen LogP contribution in [0.25, 0.3) is 11.0 Å². The fourth-order valence-corrected chi connectivity index (χ4v) is 3.89. The quantitative estimate of drug-likeness (QED) is 0.539. The highest BCUT2D eigenvalue weighted by Crippen LogP contribution is 2.36. The van der Waals surface area contributed by atoms with Gasteiger partial charge >= 0.3 is 5.63 Å². The molecule has 0 bridgehead atoms. The molecule has 1 fully saturated rings. The maximum atomic E-state index is 12.2. The van der Waals surface area contributed by atoms with Crippen LogP contribution in [-0.2, 0) is 17.6 Å². The third-order valence-corrected chi connectivity index (χ3v) is 5.27. The van der Waals surface area contributed by atoms with Gasteiger partial charge in [-0.3, -0.25) is 0 Å². The molecule has 0 amide bonds.